The summed E-state index contributed by atoms with van der Waals surface area (Å²) in [6, 6.07) is 0.584. The van der Waals surface area contributed by atoms with Gasteiger partial charge in [-0.25, -0.2) is 0 Å². The van der Waals surface area contributed by atoms with Gasteiger partial charge < -0.3 is 10.4 Å². The summed E-state index contributed by atoms with van der Waals surface area (Å²) in [6.07, 6.45) is 8.15. The van der Waals surface area contributed by atoms with Crippen molar-refractivity contribution in [2.24, 2.45) is 5.41 Å². The normalized spacial score (nSPS) is 26.0. The molecule has 0 heterocycles. The molecular formula is C11H19NO2. The number of carboxylic acid groups (broad SMARTS) is 1. The van der Waals surface area contributed by atoms with Crippen molar-refractivity contribution in [2.75, 3.05) is 6.54 Å². The molecule has 2 fully saturated rings. The van der Waals surface area contributed by atoms with Crippen molar-refractivity contribution in [1.29, 1.82) is 0 Å². The molecule has 2 aliphatic carbocycles. The van der Waals surface area contributed by atoms with Crippen LogP contribution < -0.4 is 5.32 Å². The molecule has 0 radical (unpaired) electrons. The first-order chi connectivity index (χ1) is 6.73. The van der Waals surface area contributed by atoms with Gasteiger partial charge in [0.05, 0.1) is 5.41 Å². The van der Waals surface area contributed by atoms with Gasteiger partial charge in [-0.05, 0) is 25.7 Å². The van der Waals surface area contributed by atoms with Gasteiger partial charge in [0, 0.05) is 12.6 Å². The van der Waals surface area contributed by atoms with Crippen molar-refractivity contribution in [3.05, 3.63) is 0 Å². The molecule has 2 aliphatic rings. The van der Waals surface area contributed by atoms with E-state index in [1.807, 2.05) is 0 Å². The molecule has 2 rings (SSSR count). The average Bonchev–Trinajstić information content (AvgIpc) is 2.97. The quantitative estimate of drug-likeness (QED) is 0.722. The lowest BCUT2D eigenvalue weighted by Crippen LogP contribution is -2.38. The van der Waals surface area contributed by atoms with Crippen LogP contribution in [0.4, 0.5) is 0 Å². The Morgan fingerprint density at radius 2 is 1.93 bits per heavy atom. The number of hydrogen-bond acceptors (Lipinski definition) is 2. The maximum Gasteiger partial charge on any atom is 0.310 e. The summed E-state index contributed by atoms with van der Waals surface area (Å²) in [5.74, 6) is -0.610. The van der Waals surface area contributed by atoms with E-state index in [0.29, 0.717) is 12.6 Å². The van der Waals surface area contributed by atoms with E-state index in [1.54, 1.807) is 0 Å². The summed E-state index contributed by atoms with van der Waals surface area (Å²) in [7, 11) is 0. The van der Waals surface area contributed by atoms with E-state index in [1.165, 1.54) is 32.1 Å². The third-order valence-electron chi connectivity index (χ3n) is 3.64. The Labute approximate surface area is 84.9 Å². The molecular weight excluding hydrogens is 178 g/mol. The zero-order chi connectivity index (χ0) is 10.0. The third-order valence-corrected chi connectivity index (χ3v) is 3.64. The van der Waals surface area contributed by atoms with Gasteiger partial charge in [0.2, 0.25) is 0 Å². The number of hydrogen-bond donors (Lipinski definition) is 2. The number of nitrogens with one attached hydrogen (secondary N) is 1. The van der Waals surface area contributed by atoms with Gasteiger partial charge >= 0.3 is 5.97 Å². The highest BCUT2D eigenvalue weighted by Gasteiger charge is 2.50. The van der Waals surface area contributed by atoms with Crippen LogP contribution in [0.3, 0.4) is 0 Å². The molecule has 14 heavy (non-hydrogen) atoms. The Balaban J connectivity index is 1.73. The van der Waals surface area contributed by atoms with Crippen LogP contribution in [0.2, 0.25) is 0 Å². The Bertz CT molecular complexity index is 217. The second kappa shape index (κ2) is 3.89. The Morgan fingerprint density at radius 3 is 2.43 bits per heavy atom. The van der Waals surface area contributed by atoms with E-state index in [2.05, 4.69) is 5.32 Å². The fraction of sp³-hybridized carbons (Fsp3) is 0.909. The van der Waals surface area contributed by atoms with E-state index in [0.717, 1.165) is 12.8 Å². The van der Waals surface area contributed by atoms with E-state index in [4.69, 9.17) is 5.11 Å². The summed E-state index contributed by atoms with van der Waals surface area (Å²) < 4.78 is 0. The lowest BCUT2D eigenvalue weighted by molar-refractivity contribution is -0.143. The summed E-state index contributed by atoms with van der Waals surface area (Å²) in [5, 5.41) is 12.4. The predicted molar refractivity (Wildman–Crippen MR) is 54.2 cm³/mol. The molecule has 0 amide bonds. The second-order valence-electron chi connectivity index (χ2n) is 4.80. The first kappa shape index (κ1) is 9.97. The lowest BCUT2D eigenvalue weighted by Gasteiger charge is -2.24. The molecule has 0 atom stereocenters. The van der Waals surface area contributed by atoms with Crippen molar-refractivity contribution in [3.8, 4) is 0 Å². The smallest absolute Gasteiger partial charge is 0.310 e. The monoisotopic (exact) mass is 197 g/mol. The summed E-state index contributed by atoms with van der Waals surface area (Å²) >= 11 is 0. The van der Waals surface area contributed by atoms with Crippen LogP contribution in [0.1, 0.15) is 44.9 Å². The van der Waals surface area contributed by atoms with Gasteiger partial charge in [-0.1, -0.05) is 19.3 Å². The second-order valence-corrected chi connectivity index (χ2v) is 4.80. The standard InChI is InChI=1S/C11H19NO2/c13-10(14)11(6-7-11)8-12-9-4-2-1-3-5-9/h9,12H,1-8H2,(H,13,14). The highest BCUT2D eigenvalue weighted by molar-refractivity contribution is 5.78. The van der Waals surface area contributed by atoms with Crippen LogP contribution in [0.5, 0.6) is 0 Å². The maximum atomic E-state index is 10.9. The van der Waals surface area contributed by atoms with Gasteiger partial charge in [0.1, 0.15) is 0 Å². The molecule has 3 nitrogen and oxygen atoms in total. The molecule has 80 valence electrons. The van der Waals surface area contributed by atoms with Crippen molar-refractivity contribution in [3.63, 3.8) is 0 Å². The van der Waals surface area contributed by atoms with Crippen molar-refractivity contribution < 1.29 is 9.90 Å². The molecule has 2 saturated carbocycles. The van der Waals surface area contributed by atoms with E-state index < -0.39 is 11.4 Å². The number of aliphatic carboxylic acids is 1. The topological polar surface area (TPSA) is 49.3 Å². The molecule has 0 aromatic heterocycles. The van der Waals surface area contributed by atoms with E-state index >= 15 is 0 Å². The summed E-state index contributed by atoms with van der Waals surface area (Å²) in [5.41, 5.74) is -0.391. The van der Waals surface area contributed by atoms with Crippen LogP contribution >= 0.6 is 0 Å². The molecule has 0 spiro atoms. The van der Waals surface area contributed by atoms with Crippen molar-refractivity contribution >= 4 is 5.97 Å². The minimum absolute atomic E-state index is 0.391. The zero-order valence-electron chi connectivity index (χ0n) is 8.59. The minimum Gasteiger partial charge on any atom is -0.481 e. The number of carboxylic acids is 1. The van der Waals surface area contributed by atoms with Gasteiger partial charge in [-0.15, -0.1) is 0 Å². The van der Waals surface area contributed by atoms with E-state index in [9.17, 15) is 4.79 Å². The Hall–Kier alpha value is -0.570. The van der Waals surface area contributed by atoms with E-state index in [-0.39, 0.29) is 0 Å². The van der Waals surface area contributed by atoms with Gasteiger partial charge in [-0.3, -0.25) is 4.79 Å². The van der Waals surface area contributed by atoms with Crippen LogP contribution in [0.15, 0.2) is 0 Å². The van der Waals surface area contributed by atoms with Gasteiger partial charge in [0.25, 0.3) is 0 Å². The predicted octanol–water partition coefficient (Wildman–Crippen LogP) is 1.77. The zero-order valence-corrected chi connectivity index (χ0v) is 8.59. The molecule has 3 heteroatoms. The summed E-state index contributed by atoms with van der Waals surface area (Å²) in [6.45, 7) is 0.687. The van der Waals surface area contributed by atoms with Crippen molar-refractivity contribution in [1.82, 2.24) is 5.32 Å². The first-order valence-electron chi connectivity index (χ1n) is 5.70. The summed E-state index contributed by atoms with van der Waals surface area (Å²) in [4.78, 5) is 10.9. The fourth-order valence-electron chi connectivity index (χ4n) is 2.26. The molecule has 0 bridgehead atoms. The van der Waals surface area contributed by atoms with Crippen LogP contribution in [0.25, 0.3) is 0 Å². The lowest BCUT2D eigenvalue weighted by atomic mass is 9.95. The molecule has 0 aromatic carbocycles. The largest absolute Gasteiger partial charge is 0.481 e. The van der Waals surface area contributed by atoms with Gasteiger partial charge in [-0.2, -0.15) is 0 Å². The number of carbonyl (C=O) groups is 1. The van der Waals surface area contributed by atoms with Gasteiger partial charge in [0.15, 0.2) is 0 Å². The molecule has 0 aromatic rings. The third kappa shape index (κ3) is 2.08. The first-order valence-corrected chi connectivity index (χ1v) is 5.70. The average molecular weight is 197 g/mol. The van der Waals surface area contributed by atoms with Crippen molar-refractivity contribution in [2.45, 2.75) is 51.0 Å². The SMILES string of the molecule is O=C(O)C1(CNC2CCCCC2)CC1. The Kier molecular flexibility index (Phi) is 2.77. The molecule has 0 unspecified atom stereocenters. The van der Waals surface area contributed by atoms with Crippen LogP contribution in [-0.2, 0) is 4.79 Å². The van der Waals surface area contributed by atoms with Crippen LogP contribution in [-0.4, -0.2) is 23.7 Å². The van der Waals surface area contributed by atoms with Crippen LogP contribution in [0, 0.1) is 5.41 Å². The number of rotatable bonds is 4. The molecule has 0 saturated heterocycles. The molecule has 0 aliphatic heterocycles. The Morgan fingerprint density at radius 1 is 1.29 bits per heavy atom. The highest BCUT2D eigenvalue weighted by Crippen LogP contribution is 2.45. The maximum absolute atomic E-state index is 10.9. The highest BCUT2D eigenvalue weighted by atomic mass is 16.4. The minimum atomic E-state index is -0.610. The fourth-order valence-corrected chi connectivity index (χ4v) is 2.26. The molecule has 2 N–H and O–H groups in total.